The summed E-state index contributed by atoms with van der Waals surface area (Å²) < 4.78 is 0. The van der Waals surface area contributed by atoms with E-state index in [0.29, 0.717) is 11.8 Å². The summed E-state index contributed by atoms with van der Waals surface area (Å²) in [6.07, 6.45) is 0. The second-order valence-electron chi connectivity index (χ2n) is 5.38. The molecule has 1 rings (SSSR count). The Balaban J connectivity index is 3.07. The van der Waals surface area contributed by atoms with Gasteiger partial charge in [0.25, 0.3) is 0 Å². The van der Waals surface area contributed by atoms with Crippen LogP contribution >= 0.6 is 0 Å². The van der Waals surface area contributed by atoms with Gasteiger partial charge in [-0.1, -0.05) is 45.9 Å². The van der Waals surface area contributed by atoms with E-state index in [1.807, 2.05) is 23.1 Å². The number of rotatable bonds is 6. The smallest absolute Gasteiger partial charge is 0.323 e. The average Bonchev–Trinajstić information content (AvgIpc) is 2.26. The molecule has 3 heteroatoms. The number of carboxylic acid groups (broad SMARTS) is 1. The van der Waals surface area contributed by atoms with Crippen LogP contribution in [0.15, 0.2) is 24.3 Å². The quantitative estimate of drug-likeness (QED) is 0.840. The van der Waals surface area contributed by atoms with Gasteiger partial charge in [-0.3, -0.25) is 4.79 Å². The number of benzene rings is 1. The monoisotopic (exact) mass is 249 g/mol. The number of hydrogen-bond donors (Lipinski definition) is 1. The van der Waals surface area contributed by atoms with Crippen LogP contribution in [-0.2, 0) is 4.79 Å². The molecule has 0 unspecified atom stereocenters. The fraction of sp³-hybridized carbons (Fsp3) is 0.533. The lowest BCUT2D eigenvalue weighted by Gasteiger charge is -2.28. The highest BCUT2D eigenvalue weighted by molar-refractivity contribution is 5.74. The molecule has 0 atom stereocenters. The second kappa shape index (κ2) is 6.43. The van der Waals surface area contributed by atoms with Crippen LogP contribution in [0.5, 0.6) is 0 Å². The van der Waals surface area contributed by atoms with Crippen molar-refractivity contribution in [2.75, 3.05) is 18.0 Å². The standard InChI is InChI=1S/C15H23NO2/c1-11(2)9-16(10-15(17)18)14-8-6-5-7-13(14)12(3)4/h5-8,11-12H,9-10H2,1-4H3,(H,17,18). The summed E-state index contributed by atoms with van der Waals surface area (Å²) >= 11 is 0. The van der Waals surface area contributed by atoms with Gasteiger partial charge in [-0.05, 0) is 23.5 Å². The number of nitrogens with zero attached hydrogens (tertiary/aromatic N) is 1. The van der Waals surface area contributed by atoms with Crippen molar-refractivity contribution in [1.29, 1.82) is 0 Å². The van der Waals surface area contributed by atoms with Gasteiger partial charge in [-0.25, -0.2) is 0 Å². The Morgan fingerprint density at radius 3 is 2.33 bits per heavy atom. The van der Waals surface area contributed by atoms with Crippen molar-refractivity contribution >= 4 is 11.7 Å². The molecule has 0 aliphatic rings. The maximum Gasteiger partial charge on any atom is 0.323 e. The van der Waals surface area contributed by atoms with Crippen molar-refractivity contribution < 1.29 is 9.90 Å². The maximum absolute atomic E-state index is 11.0. The molecule has 1 N–H and O–H groups in total. The van der Waals surface area contributed by atoms with Gasteiger partial charge >= 0.3 is 5.97 Å². The molecule has 1 aromatic rings. The topological polar surface area (TPSA) is 40.5 Å². The van der Waals surface area contributed by atoms with Crippen LogP contribution in [0, 0.1) is 5.92 Å². The zero-order valence-electron chi connectivity index (χ0n) is 11.7. The van der Waals surface area contributed by atoms with E-state index in [0.717, 1.165) is 12.2 Å². The first kappa shape index (κ1) is 14.6. The lowest BCUT2D eigenvalue weighted by molar-refractivity contribution is -0.135. The van der Waals surface area contributed by atoms with Gasteiger partial charge in [0, 0.05) is 12.2 Å². The normalized spacial score (nSPS) is 11.0. The number of para-hydroxylation sites is 1. The van der Waals surface area contributed by atoms with Crippen LogP contribution in [0.2, 0.25) is 0 Å². The van der Waals surface area contributed by atoms with Gasteiger partial charge in [0.15, 0.2) is 0 Å². The third kappa shape index (κ3) is 4.06. The second-order valence-corrected chi connectivity index (χ2v) is 5.38. The molecule has 0 spiro atoms. The van der Waals surface area contributed by atoms with Crippen molar-refractivity contribution in [2.45, 2.75) is 33.6 Å². The highest BCUT2D eigenvalue weighted by Gasteiger charge is 2.16. The molecule has 0 fully saturated rings. The van der Waals surface area contributed by atoms with E-state index in [1.165, 1.54) is 5.56 Å². The first-order chi connectivity index (χ1) is 8.41. The third-order valence-electron chi connectivity index (χ3n) is 2.81. The summed E-state index contributed by atoms with van der Waals surface area (Å²) in [7, 11) is 0. The van der Waals surface area contributed by atoms with E-state index in [9.17, 15) is 4.79 Å². The van der Waals surface area contributed by atoms with Crippen molar-refractivity contribution in [1.82, 2.24) is 0 Å². The fourth-order valence-corrected chi connectivity index (χ4v) is 2.12. The summed E-state index contributed by atoms with van der Waals surface area (Å²) in [6, 6.07) is 8.07. The number of carboxylic acids is 1. The lowest BCUT2D eigenvalue weighted by atomic mass is 10.00. The first-order valence-corrected chi connectivity index (χ1v) is 6.47. The minimum Gasteiger partial charge on any atom is -0.480 e. The van der Waals surface area contributed by atoms with E-state index < -0.39 is 5.97 Å². The molecule has 0 saturated heterocycles. The number of hydrogen-bond acceptors (Lipinski definition) is 2. The van der Waals surface area contributed by atoms with Gasteiger partial charge in [0.2, 0.25) is 0 Å². The Morgan fingerprint density at radius 1 is 1.22 bits per heavy atom. The Bertz CT molecular complexity index is 399. The predicted molar refractivity (Wildman–Crippen MR) is 75.2 cm³/mol. The molecular formula is C15H23NO2. The molecule has 0 heterocycles. The van der Waals surface area contributed by atoms with Crippen molar-refractivity contribution in [3.63, 3.8) is 0 Å². The van der Waals surface area contributed by atoms with E-state index in [-0.39, 0.29) is 6.54 Å². The molecule has 0 radical (unpaired) electrons. The van der Waals surface area contributed by atoms with E-state index >= 15 is 0 Å². The molecule has 0 amide bonds. The highest BCUT2D eigenvalue weighted by Crippen LogP contribution is 2.27. The van der Waals surface area contributed by atoms with E-state index in [4.69, 9.17) is 5.11 Å². The first-order valence-electron chi connectivity index (χ1n) is 6.47. The van der Waals surface area contributed by atoms with Crippen LogP contribution in [-0.4, -0.2) is 24.2 Å². The Hall–Kier alpha value is -1.51. The van der Waals surface area contributed by atoms with Gasteiger partial charge < -0.3 is 10.0 Å². The van der Waals surface area contributed by atoms with Crippen LogP contribution in [0.25, 0.3) is 0 Å². The average molecular weight is 249 g/mol. The van der Waals surface area contributed by atoms with Gasteiger partial charge in [0.1, 0.15) is 6.54 Å². The minimum atomic E-state index is -0.783. The molecule has 1 aromatic carbocycles. The number of carbonyl (C=O) groups is 1. The number of aliphatic carboxylic acids is 1. The van der Waals surface area contributed by atoms with E-state index in [1.54, 1.807) is 0 Å². The molecule has 0 aliphatic heterocycles. The summed E-state index contributed by atoms with van der Waals surface area (Å²) in [5.74, 6) is 0.0448. The van der Waals surface area contributed by atoms with Crippen molar-refractivity contribution in [3.05, 3.63) is 29.8 Å². The maximum atomic E-state index is 11.0. The van der Waals surface area contributed by atoms with Gasteiger partial charge in [-0.2, -0.15) is 0 Å². The van der Waals surface area contributed by atoms with Crippen molar-refractivity contribution in [2.24, 2.45) is 5.92 Å². The number of anilines is 1. The minimum absolute atomic E-state index is 0.0575. The molecule has 18 heavy (non-hydrogen) atoms. The Labute approximate surface area is 109 Å². The Morgan fingerprint density at radius 2 is 1.83 bits per heavy atom. The van der Waals surface area contributed by atoms with Crippen LogP contribution in [0.1, 0.15) is 39.2 Å². The summed E-state index contributed by atoms with van der Waals surface area (Å²) in [6.45, 7) is 9.29. The molecule has 0 bridgehead atoms. The van der Waals surface area contributed by atoms with Gasteiger partial charge in [-0.15, -0.1) is 0 Å². The predicted octanol–water partition coefficient (Wildman–Crippen LogP) is 3.36. The van der Waals surface area contributed by atoms with Crippen LogP contribution in [0.4, 0.5) is 5.69 Å². The molecule has 0 aromatic heterocycles. The summed E-state index contributed by atoms with van der Waals surface area (Å²) in [4.78, 5) is 13.0. The third-order valence-corrected chi connectivity index (χ3v) is 2.81. The highest BCUT2D eigenvalue weighted by atomic mass is 16.4. The molecule has 0 saturated carbocycles. The lowest BCUT2D eigenvalue weighted by Crippen LogP contribution is -2.33. The SMILES string of the molecule is CC(C)CN(CC(=O)O)c1ccccc1C(C)C. The van der Waals surface area contributed by atoms with Crippen LogP contribution in [0.3, 0.4) is 0 Å². The zero-order valence-corrected chi connectivity index (χ0v) is 11.7. The summed E-state index contributed by atoms with van der Waals surface area (Å²) in [5.41, 5.74) is 2.25. The fourth-order valence-electron chi connectivity index (χ4n) is 2.12. The Kier molecular flexibility index (Phi) is 5.20. The summed E-state index contributed by atoms with van der Waals surface area (Å²) in [5, 5.41) is 9.05. The molecule has 100 valence electrons. The molecular weight excluding hydrogens is 226 g/mol. The molecule has 0 aliphatic carbocycles. The van der Waals surface area contributed by atoms with Gasteiger partial charge in [0.05, 0.1) is 0 Å². The molecule has 3 nitrogen and oxygen atoms in total. The van der Waals surface area contributed by atoms with Crippen molar-refractivity contribution in [3.8, 4) is 0 Å². The zero-order chi connectivity index (χ0) is 13.7. The van der Waals surface area contributed by atoms with Crippen LogP contribution < -0.4 is 4.90 Å². The van der Waals surface area contributed by atoms with E-state index in [2.05, 4.69) is 33.8 Å². The largest absolute Gasteiger partial charge is 0.480 e.